The summed E-state index contributed by atoms with van der Waals surface area (Å²) in [5.74, 6) is 1.44. The van der Waals surface area contributed by atoms with Crippen LogP contribution in [0, 0.1) is 20.8 Å². The molecule has 0 fully saturated rings. The Labute approximate surface area is 188 Å². The lowest BCUT2D eigenvalue weighted by Crippen LogP contribution is -2.12. The molecule has 2 aromatic heterocycles. The quantitative estimate of drug-likeness (QED) is 0.416. The number of carbonyl (C=O) groups is 1. The van der Waals surface area contributed by atoms with Crippen LogP contribution in [-0.4, -0.2) is 25.7 Å². The second-order valence-corrected chi connectivity index (χ2v) is 7.84. The number of hydrogen-bond acceptors (Lipinski definition) is 5. The monoisotopic (exact) mass is 477 g/mol. The lowest BCUT2D eigenvalue weighted by molar-refractivity contribution is 0.102. The van der Waals surface area contributed by atoms with Gasteiger partial charge in [0.15, 0.2) is 5.82 Å². The molecule has 0 atom stereocenters. The minimum Gasteiger partial charge on any atom is -0.439 e. The summed E-state index contributed by atoms with van der Waals surface area (Å²) in [4.78, 5) is 20.9. The van der Waals surface area contributed by atoms with Gasteiger partial charge in [-0.05, 0) is 78.7 Å². The molecule has 0 saturated carbocycles. The van der Waals surface area contributed by atoms with Gasteiger partial charge in [0.05, 0.1) is 11.3 Å². The first kappa shape index (κ1) is 20.7. The van der Waals surface area contributed by atoms with Gasteiger partial charge in [0.1, 0.15) is 12.1 Å². The fourth-order valence-electron chi connectivity index (χ4n) is 3.02. The zero-order valence-electron chi connectivity index (χ0n) is 17.3. The first-order valence-electron chi connectivity index (χ1n) is 9.61. The normalized spacial score (nSPS) is 10.7. The Kier molecular flexibility index (Phi) is 5.81. The lowest BCUT2D eigenvalue weighted by atomic mass is 10.2. The zero-order valence-corrected chi connectivity index (χ0v) is 18.8. The van der Waals surface area contributed by atoms with E-state index in [9.17, 15) is 4.79 Å². The van der Waals surface area contributed by atoms with Gasteiger partial charge < -0.3 is 10.1 Å². The fraction of sp³-hybridized carbons (Fsp3) is 0.130. The highest BCUT2D eigenvalue weighted by molar-refractivity contribution is 9.10. The smallest absolute Gasteiger partial charge is 0.256 e. The summed E-state index contributed by atoms with van der Waals surface area (Å²) in [6, 6.07) is 16.1. The molecule has 0 radical (unpaired) electrons. The first-order valence-corrected chi connectivity index (χ1v) is 10.4. The van der Waals surface area contributed by atoms with E-state index < -0.39 is 0 Å². The summed E-state index contributed by atoms with van der Waals surface area (Å²) in [6.07, 6.45) is 1.45. The highest BCUT2D eigenvalue weighted by Gasteiger charge is 2.12. The molecule has 2 aromatic carbocycles. The van der Waals surface area contributed by atoms with Crippen molar-refractivity contribution in [3.8, 4) is 17.4 Å². The number of amides is 1. The minimum absolute atomic E-state index is 0.193. The van der Waals surface area contributed by atoms with Crippen molar-refractivity contribution in [3.63, 3.8) is 0 Å². The van der Waals surface area contributed by atoms with Crippen molar-refractivity contribution in [2.75, 3.05) is 5.32 Å². The molecule has 31 heavy (non-hydrogen) atoms. The predicted octanol–water partition coefficient (Wildman–Crippen LogP) is 5.39. The summed E-state index contributed by atoms with van der Waals surface area (Å²) >= 11 is 3.39. The molecule has 2 heterocycles. The van der Waals surface area contributed by atoms with Gasteiger partial charge in [0, 0.05) is 21.9 Å². The number of nitrogens with zero attached hydrogens (tertiary/aromatic N) is 4. The molecule has 1 amide bonds. The first-order chi connectivity index (χ1) is 14.9. The molecule has 1 N–H and O–H groups in total. The fourth-order valence-corrected chi connectivity index (χ4v) is 3.48. The Morgan fingerprint density at radius 3 is 2.45 bits per heavy atom. The molecular weight excluding hydrogens is 458 g/mol. The molecule has 0 saturated heterocycles. The number of rotatable bonds is 5. The van der Waals surface area contributed by atoms with Gasteiger partial charge in [-0.2, -0.15) is 5.10 Å². The summed E-state index contributed by atoms with van der Waals surface area (Å²) in [7, 11) is 0. The van der Waals surface area contributed by atoms with E-state index in [0.717, 1.165) is 21.4 Å². The third-order valence-corrected chi connectivity index (χ3v) is 5.64. The van der Waals surface area contributed by atoms with Crippen molar-refractivity contribution >= 4 is 27.5 Å². The Morgan fingerprint density at radius 1 is 1.03 bits per heavy atom. The standard InChI is InChI=1S/C23H20BrN5O2/c1-14-15(2)28-29(16(14)3)21-12-22(26-13-25-21)31-18-10-8-17(9-11-18)27-23(30)19-6-4-5-7-20(19)24/h4-13H,1-3H3,(H,27,30). The SMILES string of the molecule is Cc1nn(-c2cc(Oc3ccc(NC(=O)c4ccccc4Br)cc3)ncn2)c(C)c1C. The van der Waals surface area contributed by atoms with Gasteiger partial charge in [-0.3, -0.25) is 4.79 Å². The molecule has 0 unspecified atom stereocenters. The molecule has 0 aliphatic heterocycles. The van der Waals surface area contributed by atoms with Crippen molar-refractivity contribution in [1.82, 2.24) is 19.7 Å². The van der Waals surface area contributed by atoms with Gasteiger partial charge in [0.2, 0.25) is 5.88 Å². The number of aromatic nitrogens is 4. The summed E-state index contributed by atoms with van der Waals surface area (Å²) < 4.78 is 8.39. The highest BCUT2D eigenvalue weighted by atomic mass is 79.9. The molecule has 0 bridgehead atoms. The number of benzene rings is 2. The van der Waals surface area contributed by atoms with E-state index >= 15 is 0 Å². The number of carbonyl (C=O) groups excluding carboxylic acids is 1. The largest absolute Gasteiger partial charge is 0.439 e. The van der Waals surface area contributed by atoms with Crippen LogP contribution < -0.4 is 10.1 Å². The molecule has 7 nitrogen and oxygen atoms in total. The Balaban J connectivity index is 1.48. The molecule has 0 aliphatic rings. The zero-order chi connectivity index (χ0) is 22.0. The van der Waals surface area contributed by atoms with Gasteiger partial charge in [-0.15, -0.1) is 0 Å². The summed E-state index contributed by atoms with van der Waals surface area (Å²) in [6.45, 7) is 6.00. The van der Waals surface area contributed by atoms with Crippen molar-refractivity contribution in [1.29, 1.82) is 0 Å². The van der Waals surface area contributed by atoms with Crippen LogP contribution in [0.1, 0.15) is 27.3 Å². The van der Waals surface area contributed by atoms with E-state index in [1.165, 1.54) is 6.33 Å². The molecule has 0 spiro atoms. The second-order valence-electron chi connectivity index (χ2n) is 6.98. The van der Waals surface area contributed by atoms with Crippen LogP contribution in [0.5, 0.6) is 11.6 Å². The van der Waals surface area contributed by atoms with E-state index in [1.54, 1.807) is 41.1 Å². The van der Waals surface area contributed by atoms with Crippen molar-refractivity contribution in [3.05, 3.63) is 87.9 Å². The van der Waals surface area contributed by atoms with Crippen LogP contribution in [0.3, 0.4) is 0 Å². The molecular formula is C23H20BrN5O2. The number of nitrogens with one attached hydrogen (secondary N) is 1. The summed E-state index contributed by atoms with van der Waals surface area (Å²) in [5, 5.41) is 7.40. The maximum atomic E-state index is 12.4. The highest BCUT2D eigenvalue weighted by Crippen LogP contribution is 2.24. The third kappa shape index (κ3) is 4.49. The van der Waals surface area contributed by atoms with E-state index in [1.807, 2.05) is 39.0 Å². The molecule has 4 rings (SSSR count). The maximum absolute atomic E-state index is 12.4. The van der Waals surface area contributed by atoms with Crippen molar-refractivity contribution in [2.24, 2.45) is 0 Å². The topological polar surface area (TPSA) is 81.9 Å². The average molecular weight is 478 g/mol. The lowest BCUT2D eigenvalue weighted by Gasteiger charge is -2.09. The number of aryl methyl sites for hydroxylation is 1. The van der Waals surface area contributed by atoms with Crippen LogP contribution in [-0.2, 0) is 0 Å². The van der Waals surface area contributed by atoms with E-state index in [-0.39, 0.29) is 5.91 Å². The van der Waals surface area contributed by atoms with Crippen molar-refractivity contribution < 1.29 is 9.53 Å². The van der Waals surface area contributed by atoms with Gasteiger partial charge >= 0.3 is 0 Å². The van der Waals surface area contributed by atoms with E-state index in [4.69, 9.17) is 4.74 Å². The number of hydrogen-bond donors (Lipinski definition) is 1. The van der Waals surface area contributed by atoms with E-state index in [0.29, 0.717) is 28.7 Å². The Morgan fingerprint density at radius 2 is 1.77 bits per heavy atom. The van der Waals surface area contributed by atoms with Crippen LogP contribution in [0.4, 0.5) is 5.69 Å². The molecule has 0 aliphatic carbocycles. The number of ether oxygens (including phenoxy) is 1. The van der Waals surface area contributed by atoms with Gasteiger partial charge in [-0.1, -0.05) is 12.1 Å². The molecule has 4 aromatic rings. The minimum atomic E-state index is -0.193. The Bertz CT molecular complexity index is 1250. The number of halogens is 1. The van der Waals surface area contributed by atoms with Crippen molar-refractivity contribution in [2.45, 2.75) is 20.8 Å². The third-order valence-electron chi connectivity index (χ3n) is 4.95. The van der Waals surface area contributed by atoms with Crippen LogP contribution >= 0.6 is 15.9 Å². The van der Waals surface area contributed by atoms with Gasteiger partial charge in [-0.25, -0.2) is 14.6 Å². The van der Waals surface area contributed by atoms with Crippen LogP contribution in [0.25, 0.3) is 5.82 Å². The summed E-state index contributed by atoms with van der Waals surface area (Å²) in [5.41, 5.74) is 4.33. The van der Waals surface area contributed by atoms with Gasteiger partial charge in [0.25, 0.3) is 5.91 Å². The maximum Gasteiger partial charge on any atom is 0.256 e. The molecule has 8 heteroatoms. The van der Waals surface area contributed by atoms with E-state index in [2.05, 4.69) is 36.3 Å². The van der Waals surface area contributed by atoms with Crippen LogP contribution in [0.15, 0.2) is 65.4 Å². The van der Waals surface area contributed by atoms with Crippen LogP contribution in [0.2, 0.25) is 0 Å². The Hall–Kier alpha value is -3.52. The number of anilines is 1. The second kappa shape index (κ2) is 8.69. The predicted molar refractivity (Wildman–Crippen MR) is 122 cm³/mol. The molecule has 156 valence electrons. The average Bonchev–Trinajstić information content (AvgIpc) is 3.03.